The second-order valence-electron chi connectivity index (χ2n) is 6.34. The van der Waals surface area contributed by atoms with Gasteiger partial charge >= 0.3 is 0 Å². The summed E-state index contributed by atoms with van der Waals surface area (Å²) in [7, 11) is 1.47. The van der Waals surface area contributed by atoms with Crippen LogP contribution in [0.3, 0.4) is 0 Å². The summed E-state index contributed by atoms with van der Waals surface area (Å²) < 4.78 is 38.1. The molecular weight excluding hydrogens is 291 g/mol. The highest BCUT2D eigenvalue weighted by molar-refractivity contribution is 6.57. The Balaban J connectivity index is 1.91. The molecule has 3 atom stereocenters. The third-order valence-electron chi connectivity index (χ3n) is 4.15. The third kappa shape index (κ3) is 2.87. The molecule has 0 radical (unpaired) electrons. The molecule has 0 aliphatic carbocycles. The molecule has 0 N–H and O–H groups in total. The first-order valence-corrected chi connectivity index (χ1v) is 7.32. The second-order valence-corrected chi connectivity index (χ2v) is 6.34. The number of carbonyl (C=O) groups is 1. The number of halogens is 2. The van der Waals surface area contributed by atoms with Gasteiger partial charge in [0, 0.05) is 6.07 Å². The summed E-state index contributed by atoms with van der Waals surface area (Å²) in [5.74, 6) is -1.38. The van der Waals surface area contributed by atoms with E-state index in [4.69, 9.17) is 9.47 Å². The van der Waals surface area contributed by atoms with E-state index in [1.807, 2.05) is 13.8 Å². The Morgan fingerprint density at radius 2 is 1.95 bits per heavy atom. The number of rotatable bonds is 3. The van der Waals surface area contributed by atoms with E-state index in [2.05, 4.69) is 0 Å². The van der Waals surface area contributed by atoms with Gasteiger partial charge in [0.15, 0.2) is 5.81 Å². The quantitative estimate of drug-likeness (QED) is 0.627. The van der Waals surface area contributed by atoms with E-state index in [1.165, 1.54) is 20.0 Å². The Bertz CT molecular complexity index is 586. The highest BCUT2D eigenvalue weighted by atomic mass is 19.1. The molecule has 0 saturated carbocycles. The van der Waals surface area contributed by atoms with Crippen molar-refractivity contribution < 1.29 is 23.0 Å². The minimum atomic E-state index is -0.765. The molecule has 2 fully saturated rings. The number of amides is 1. The van der Waals surface area contributed by atoms with Gasteiger partial charge in [-0.1, -0.05) is 0 Å². The predicted molar refractivity (Wildman–Crippen MR) is 78.3 cm³/mol. The maximum atomic E-state index is 13.4. The van der Waals surface area contributed by atoms with Gasteiger partial charge in [-0.15, -0.1) is 0 Å². The average molecular weight is 309 g/mol. The first-order valence-electron chi connectivity index (χ1n) is 7.32. The molecular formula is C15H18BF2NO3. The van der Waals surface area contributed by atoms with Gasteiger partial charge in [0.25, 0.3) is 0 Å². The zero-order chi connectivity index (χ0) is 16.1. The fraction of sp³-hybridized carbons (Fsp3) is 0.533. The van der Waals surface area contributed by atoms with Crippen molar-refractivity contribution in [2.75, 3.05) is 6.61 Å². The van der Waals surface area contributed by atoms with Crippen molar-refractivity contribution in [3.05, 3.63) is 35.4 Å². The molecule has 118 valence electrons. The largest absolute Gasteiger partial charge is 0.370 e. The molecule has 1 amide bonds. The van der Waals surface area contributed by atoms with Gasteiger partial charge in [-0.25, -0.2) is 8.78 Å². The molecule has 2 saturated heterocycles. The van der Waals surface area contributed by atoms with Crippen LogP contribution in [0.2, 0.25) is 0 Å². The smallest absolute Gasteiger partial charge is 0.216 e. The van der Waals surface area contributed by atoms with Gasteiger partial charge in [-0.2, -0.15) is 0 Å². The lowest BCUT2D eigenvalue weighted by Gasteiger charge is -2.33. The number of carbonyl (C=O) groups excluding carboxylic acids is 1. The molecule has 0 bridgehead atoms. The Labute approximate surface area is 128 Å². The molecule has 2 aliphatic heterocycles. The molecule has 2 heterocycles. The molecule has 2 aliphatic rings. The van der Waals surface area contributed by atoms with Gasteiger partial charge in [-0.05, 0) is 38.0 Å². The summed E-state index contributed by atoms with van der Waals surface area (Å²) in [4.78, 5) is 13.7. The summed E-state index contributed by atoms with van der Waals surface area (Å²) in [6, 6.07) is 3.11. The molecule has 1 aromatic carbocycles. The Morgan fingerprint density at radius 1 is 1.36 bits per heavy atom. The second kappa shape index (κ2) is 5.31. The number of hydrogen-bond acceptors (Lipinski definition) is 3. The summed E-state index contributed by atoms with van der Waals surface area (Å²) >= 11 is 0. The van der Waals surface area contributed by atoms with Crippen molar-refractivity contribution >= 4 is 13.7 Å². The van der Waals surface area contributed by atoms with Crippen LogP contribution in [-0.2, 0) is 15.9 Å². The molecule has 1 aromatic rings. The fourth-order valence-electron chi connectivity index (χ4n) is 3.37. The molecule has 3 rings (SSSR count). The number of benzene rings is 1. The van der Waals surface area contributed by atoms with E-state index >= 15 is 0 Å². The SMILES string of the molecule is BC(=O)N1[C@@H](Cc2cc(F)cc(F)c2)[C@@H]([C@@H]2CO2)OC1(C)C. The van der Waals surface area contributed by atoms with E-state index in [-0.39, 0.29) is 24.1 Å². The van der Waals surface area contributed by atoms with Gasteiger partial charge in [0.1, 0.15) is 29.6 Å². The van der Waals surface area contributed by atoms with Crippen LogP contribution in [-0.4, -0.2) is 49.1 Å². The maximum Gasteiger partial charge on any atom is 0.216 e. The molecule has 22 heavy (non-hydrogen) atoms. The first kappa shape index (κ1) is 15.4. The average Bonchev–Trinajstić information content (AvgIpc) is 3.13. The van der Waals surface area contributed by atoms with E-state index in [1.54, 1.807) is 4.90 Å². The van der Waals surface area contributed by atoms with Crippen molar-refractivity contribution in [2.24, 2.45) is 0 Å². The van der Waals surface area contributed by atoms with Crippen molar-refractivity contribution in [1.82, 2.24) is 4.90 Å². The van der Waals surface area contributed by atoms with Crippen LogP contribution < -0.4 is 0 Å². The summed E-state index contributed by atoms with van der Waals surface area (Å²) in [5, 5.41) is 0. The zero-order valence-corrected chi connectivity index (χ0v) is 12.8. The third-order valence-corrected chi connectivity index (χ3v) is 4.15. The van der Waals surface area contributed by atoms with E-state index < -0.39 is 17.4 Å². The number of hydrogen-bond donors (Lipinski definition) is 0. The normalized spacial score (nSPS) is 29.6. The van der Waals surface area contributed by atoms with E-state index in [0.717, 1.165) is 6.07 Å². The van der Waals surface area contributed by atoms with Crippen molar-refractivity contribution in [3.8, 4) is 0 Å². The van der Waals surface area contributed by atoms with E-state index in [0.29, 0.717) is 18.6 Å². The maximum absolute atomic E-state index is 13.4. The van der Waals surface area contributed by atoms with Gasteiger partial charge in [0.05, 0.1) is 12.6 Å². The highest BCUT2D eigenvalue weighted by Gasteiger charge is 2.54. The lowest BCUT2D eigenvalue weighted by Crippen LogP contribution is -2.49. The highest BCUT2D eigenvalue weighted by Crippen LogP contribution is 2.38. The van der Waals surface area contributed by atoms with Crippen LogP contribution in [0.5, 0.6) is 0 Å². The Morgan fingerprint density at radius 3 is 2.45 bits per heavy atom. The Kier molecular flexibility index (Phi) is 3.73. The molecule has 0 aromatic heterocycles. The van der Waals surface area contributed by atoms with Crippen molar-refractivity contribution in [3.63, 3.8) is 0 Å². The molecule has 7 heteroatoms. The Hall–Kier alpha value is -1.47. The predicted octanol–water partition coefficient (Wildman–Crippen LogP) is 1.46. The first-order chi connectivity index (χ1) is 10.3. The van der Waals surface area contributed by atoms with E-state index in [9.17, 15) is 13.6 Å². The standard InChI is InChI=1S/C15H18BF2NO3/c1-15(2)19(14(16)20)11(13(22-15)12-7-21-12)5-8-3-9(17)6-10(18)4-8/h3-4,6,11-13H,5,7,16H2,1-2H3/t11-,12-,13-/m0/s1. The molecule has 4 nitrogen and oxygen atoms in total. The number of ether oxygens (including phenoxy) is 2. The monoisotopic (exact) mass is 309 g/mol. The topological polar surface area (TPSA) is 42.1 Å². The molecule has 0 unspecified atom stereocenters. The van der Waals surface area contributed by atoms with Crippen LogP contribution in [0.15, 0.2) is 18.2 Å². The van der Waals surface area contributed by atoms with Crippen LogP contribution in [0.25, 0.3) is 0 Å². The van der Waals surface area contributed by atoms with Crippen LogP contribution in [0.4, 0.5) is 13.6 Å². The molecule has 0 spiro atoms. The lowest BCUT2D eigenvalue weighted by molar-refractivity contribution is -0.0637. The zero-order valence-electron chi connectivity index (χ0n) is 12.8. The summed E-state index contributed by atoms with van der Waals surface area (Å²) in [6.07, 6.45) is -0.0281. The minimum Gasteiger partial charge on any atom is -0.370 e. The summed E-state index contributed by atoms with van der Waals surface area (Å²) in [6.45, 7) is 4.21. The number of epoxide rings is 1. The fourth-order valence-corrected chi connectivity index (χ4v) is 3.37. The van der Waals surface area contributed by atoms with Crippen LogP contribution in [0, 0.1) is 11.6 Å². The van der Waals surface area contributed by atoms with Gasteiger partial charge in [0.2, 0.25) is 7.85 Å². The van der Waals surface area contributed by atoms with Crippen LogP contribution in [0.1, 0.15) is 19.4 Å². The summed E-state index contributed by atoms with van der Waals surface area (Å²) in [5.41, 5.74) is -0.264. The van der Waals surface area contributed by atoms with Crippen LogP contribution >= 0.6 is 0 Å². The van der Waals surface area contributed by atoms with Crippen molar-refractivity contribution in [2.45, 2.75) is 44.2 Å². The van der Waals surface area contributed by atoms with Crippen molar-refractivity contribution in [1.29, 1.82) is 0 Å². The lowest BCUT2D eigenvalue weighted by atomic mass is 9.95. The van der Waals surface area contributed by atoms with Gasteiger partial charge in [-0.3, -0.25) is 4.79 Å². The number of nitrogens with zero attached hydrogens (tertiary/aromatic N) is 1. The minimum absolute atomic E-state index is 0.0629. The van der Waals surface area contributed by atoms with Gasteiger partial charge < -0.3 is 14.4 Å².